The molecule has 6 aromatic rings. The number of piperidine rings is 1. The smallest absolute Gasteiger partial charge is 0.263 e. The average Bonchev–Trinajstić information content (AvgIpc) is 3.95. The third-order valence-electron chi connectivity index (χ3n) is 11.4. The Hall–Kier alpha value is -5.24. The molecule has 4 aromatic heterocycles. The van der Waals surface area contributed by atoms with Crippen molar-refractivity contribution in [3.8, 4) is 0 Å². The molecule has 2 aromatic carbocycles. The summed E-state index contributed by atoms with van der Waals surface area (Å²) in [7, 11) is 0. The molecule has 7 N–H and O–H groups in total. The number of nitrogens with zero attached hydrogens (tertiary/aromatic N) is 4. The fourth-order valence-corrected chi connectivity index (χ4v) is 10.1. The van der Waals surface area contributed by atoms with E-state index in [2.05, 4.69) is 105 Å². The van der Waals surface area contributed by atoms with E-state index in [0.717, 1.165) is 64.4 Å². The number of carbonyl (C=O) groups excluding carboxylic acids is 2. The Balaban J connectivity index is 0.000000182. The minimum atomic E-state index is -0.129. The molecular formula is C47H59N9O2S2. The lowest BCUT2D eigenvalue weighted by atomic mass is 10.00. The zero-order valence-corrected chi connectivity index (χ0v) is 37.1. The Morgan fingerprint density at radius 3 is 1.85 bits per heavy atom. The molecule has 2 aliphatic heterocycles. The predicted octanol–water partition coefficient (Wildman–Crippen LogP) is 8.45. The van der Waals surface area contributed by atoms with Crippen LogP contribution in [0.3, 0.4) is 0 Å². The summed E-state index contributed by atoms with van der Waals surface area (Å²) >= 11 is 2.71. The number of amides is 2. The fourth-order valence-electron chi connectivity index (χ4n) is 8.00. The lowest BCUT2D eigenvalue weighted by molar-refractivity contribution is 0.0949. The minimum absolute atomic E-state index is 0.125. The van der Waals surface area contributed by atoms with Crippen molar-refractivity contribution >= 4 is 77.7 Å². The summed E-state index contributed by atoms with van der Waals surface area (Å²) in [5.41, 5.74) is 20.3. The highest BCUT2D eigenvalue weighted by Gasteiger charge is 2.23. The number of nitrogens with one attached hydrogen (secondary N) is 3. The number of carbonyl (C=O) groups is 2. The van der Waals surface area contributed by atoms with Gasteiger partial charge in [-0.15, -0.1) is 22.7 Å². The number of anilines is 4. The van der Waals surface area contributed by atoms with E-state index < -0.39 is 0 Å². The van der Waals surface area contributed by atoms with Gasteiger partial charge in [0.1, 0.15) is 19.4 Å². The van der Waals surface area contributed by atoms with Gasteiger partial charge in [-0.1, -0.05) is 45.0 Å². The summed E-state index contributed by atoms with van der Waals surface area (Å²) in [4.78, 5) is 41.9. The van der Waals surface area contributed by atoms with Crippen LogP contribution in [0.25, 0.3) is 20.4 Å². The van der Waals surface area contributed by atoms with Crippen LogP contribution in [-0.2, 0) is 6.42 Å². The molecule has 0 bridgehead atoms. The van der Waals surface area contributed by atoms with E-state index in [1.54, 1.807) is 0 Å². The van der Waals surface area contributed by atoms with Crippen LogP contribution in [0.4, 0.5) is 22.7 Å². The highest BCUT2D eigenvalue weighted by Crippen LogP contribution is 2.34. The van der Waals surface area contributed by atoms with Gasteiger partial charge in [-0.25, -0.2) is 9.97 Å². The maximum Gasteiger partial charge on any atom is 0.263 e. The normalized spacial score (nSPS) is 15.9. The Labute approximate surface area is 362 Å². The molecule has 0 aliphatic carbocycles. The fraction of sp³-hybridized carbons (Fsp3) is 0.404. The first-order valence-electron chi connectivity index (χ1n) is 21.3. The highest BCUT2D eigenvalue weighted by atomic mass is 32.1. The van der Waals surface area contributed by atoms with Crippen molar-refractivity contribution < 1.29 is 9.59 Å². The number of aryl methyl sites for hydroxylation is 2. The zero-order chi connectivity index (χ0) is 42.3. The standard InChI is InChI=1S/C24H31N5OS.C23H28N4OS/c1-15(2)27-18-11-13-29(14-18)19-7-5-17(6-8-19)10-12-26-23(30)22-21(25)20-9-4-16(3)28-24(20)31-22;1-15(17-7-9-18(10-8-17)27-12-4-3-5-13-27)14-25-22(28)21-20(24)19-11-6-16(2)26-23(19)29-21/h4-9,15,18,27H,10-14,25H2,1-3H3,(H,26,30);6-11,15H,3-5,12-14,24H2,1-2H3,(H,25,28)/t18-;15-/m10/s1. The van der Waals surface area contributed by atoms with Crippen molar-refractivity contribution in [1.82, 2.24) is 25.9 Å². The van der Waals surface area contributed by atoms with Crippen molar-refractivity contribution in [2.75, 3.05) is 60.5 Å². The van der Waals surface area contributed by atoms with Crippen molar-refractivity contribution in [1.29, 1.82) is 0 Å². The van der Waals surface area contributed by atoms with Crippen LogP contribution in [0.1, 0.15) is 94.2 Å². The molecule has 8 rings (SSSR count). The highest BCUT2D eigenvalue weighted by molar-refractivity contribution is 7.21. The Bertz CT molecular complexity index is 2400. The number of benzene rings is 2. The van der Waals surface area contributed by atoms with Crippen molar-refractivity contribution in [3.05, 3.63) is 105 Å². The van der Waals surface area contributed by atoms with E-state index in [1.165, 1.54) is 70.9 Å². The molecular weight excluding hydrogens is 787 g/mol. The number of aromatic nitrogens is 2. The van der Waals surface area contributed by atoms with Crippen LogP contribution in [0.5, 0.6) is 0 Å². The van der Waals surface area contributed by atoms with Crippen LogP contribution in [0.15, 0.2) is 72.8 Å². The van der Waals surface area contributed by atoms with Gasteiger partial charge in [0.25, 0.3) is 11.8 Å². The first-order valence-corrected chi connectivity index (χ1v) is 22.9. The largest absolute Gasteiger partial charge is 0.397 e. The number of nitrogen functional groups attached to an aromatic ring is 2. The van der Waals surface area contributed by atoms with Gasteiger partial charge in [-0.05, 0) is 112 Å². The second-order valence-corrected chi connectivity index (χ2v) is 18.5. The van der Waals surface area contributed by atoms with Gasteiger partial charge < -0.3 is 37.2 Å². The third-order valence-corrected chi connectivity index (χ3v) is 13.6. The molecule has 2 aliphatic rings. The van der Waals surface area contributed by atoms with Gasteiger partial charge in [0.2, 0.25) is 0 Å². The van der Waals surface area contributed by atoms with E-state index in [9.17, 15) is 9.59 Å². The van der Waals surface area contributed by atoms with Crippen LogP contribution in [-0.4, -0.2) is 73.1 Å². The van der Waals surface area contributed by atoms with Crippen LogP contribution >= 0.6 is 22.7 Å². The quantitative estimate of drug-likeness (QED) is 0.0817. The van der Waals surface area contributed by atoms with E-state index in [4.69, 9.17) is 11.5 Å². The predicted molar refractivity (Wildman–Crippen MR) is 252 cm³/mol. The molecule has 2 amide bonds. The van der Waals surface area contributed by atoms with Crippen molar-refractivity contribution in [3.63, 3.8) is 0 Å². The number of fused-ring (bicyclic) bond motifs is 2. The number of pyridine rings is 2. The molecule has 60 heavy (non-hydrogen) atoms. The minimum Gasteiger partial charge on any atom is -0.397 e. The number of hydrogen-bond donors (Lipinski definition) is 5. The maximum atomic E-state index is 12.7. The molecule has 0 spiro atoms. The number of nitrogens with two attached hydrogens (primary N) is 2. The summed E-state index contributed by atoms with van der Waals surface area (Å²) in [5, 5.41) is 11.4. The molecule has 0 saturated carbocycles. The summed E-state index contributed by atoms with van der Waals surface area (Å²) in [6.07, 6.45) is 5.86. The van der Waals surface area contributed by atoms with E-state index in [1.807, 2.05) is 38.1 Å². The second kappa shape index (κ2) is 19.4. The van der Waals surface area contributed by atoms with Crippen LogP contribution in [0.2, 0.25) is 0 Å². The maximum absolute atomic E-state index is 12.7. The van der Waals surface area contributed by atoms with Gasteiger partial charge in [0, 0.05) is 84.9 Å². The number of thiophene rings is 2. The monoisotopic (exact) mass is 845 g/mol. The summed E-state index contributed by atoms with van der Waals surface area (Å²) in [6, 6.07) is 26.3. The Morgan fingerprint density at radius 1 is 0.717 bits per heavy atom. The average molecular weight is 846 g/mol. The van der Waals surface area contributed by atoms with Gasteiger partial charge in [0.05, 0.1) is 11.4 Å². The summed E-state index contributed by atoms with van der Waals surface area (Å²) in [5.74, 6) is -0.0270. The van der Waals surface area contributed by atoms with E-state index in [0.29, 0.717) is 46.3 Å². The van der Waals surface area contributed by atoms with Gasteiger partial charge >= 0.3 is 0 Å². The second-order valence-electron chi connectivity index (χ2n) is 16.5. The van der Waals surface area contributed by atoms with Crippen LogP contribution < -0.4 is 37.2 Å². The zero-order valence-electron chi connectivity index (χ0n) is 35.5. The summed E-state index contributed by atoms with van der Waals surface area (Å²) in [6.45, 7) is 16.0. The molecule has 0 radical (unpaired) electrons. The van der Waals surface area contributed by atoms with Gasteiger partial charge in [-0.2, -0.15) is 0 Å². The van der Waals surface area contributed by atoms with Crippen LogP contribution in [0, 0.1) is 13.8 Å². The third kappa shape index (κ3) is 10.4. The topological polar surface area (TPSA) is 155 Å². The summed E-state index contributed by atoms with van der Waals surface area (Å²) < 4.78 is 0. The lowest BCUT2D eigenvalue weighted by Crippen LogP contribution is -2.37. The number of hydrogen-bond acceptors (Lipinski definition) is 11. The Morgan fingerprint density at radius 2 is 1.27 bits per heavy atom. The molecule has 13 heteroatoms. The first-order chi connectivity index (χ1) is 28.9. The van der Waals surface area contributed by atoms with E-state index >= 15 is 0 Å². The van der Waals surface area contributed by atoms with E-state index in [-0.39, 0.29) is 17.7 Å². The van der Waals surface area contributed by atoms with Crippen molar-refractivity contribution in [2.24, 2.45) is 0 Å². The van der Waals surface area contributed by atoms with Gasteiger partial charge in [-0.3, -0.25) is 9.59 Å². The molecule has 2 fully saturated rings. The molecule has 11 nitrogen and oxygen atoms in total. The van der Waals surface area contributed by atoms with Gasteiger partial charge in [0.15, 0.2) is 0 Å². The molecule has 316 valence electrons. The molecule has 2 saturated heterocycles. The van der Waals surface area contributed by atoms with Crippen molar-refractivity contribution in [2.45, 2.75) is 84.7 Å². The molecule has 6 heterocycles. The SMILES string of the molecule is Cc1ccc2c(N)c(C(=O)NCCc3ccc(N4CC[C@@H](NC(C)C)C4)cc3)sc2n1.Cc1ccc2c(N)c(C(=O)NC[C@H](C)c3ccc(N4CCCCC4)cc3)sc2n1. The first kappa shape index (κ1) is 42.9. The molecule has 0 unspecified atom stereocenters. The lowest BCUT2D eigenvalue weighted by Gasteiger charge is -2.29. The Kier molecular flexibility index (Phi) is 13.9. The molecule has 2 atom stereocenters. The number of rotatable bonds is 12.